The lowest BCUT2D eigenvalue weighted by Gasteiger charge is -2.10. The Morgan fingerprint density at radius 2 is 2.12 bits per heavy atom. The summed E-state index contributed by atoms with van der Waals surface area (Å²) in [6.45, 7) is 6.21. The van der Waals surface area contributed by atoms with Crippen molar-refractivity contribution in [3.63, 3.8) is 0 Å². The molecule has 3 aromatic rings. The Bertz CT molecular complexity index is 811. The zero-order valence-corrected chi connectivity index (χ0v) is 18.0. The van der Waals surface area contributed by atoms with E-state index in [2.05, 4.69) is 50.0 Å². The van der Waals surface area contributed by atoms with Gasteiger partial charge in [0, 0.05) is 30.0 Å². The van der Waals surface area contributed by atoms with E-state index < -0.39 is 0 Å². The molecule has 0 spiro atoms. The molecule has 0 saturated carbocycles. The van der Waals surface area contributed by atoms with Gasteiger partial charge in [0.25, 0.3) is 0 Å². The summed E-state index contributed by atoms with van der Waals surface area (Å²) in [6.07, 6.45) is 5.55. The van der Waals surface area contributed by atoms with Crippen LogP contribution < -0.4 is 10.6 Å². The number of guanidine groups is 1. The minimum atomic E-state index is 0. The molecule has 8 heteroatoms. The second kappa shape index (κ2) is 10.3. The van der Waals surface area contributed by atoms with Crippen molar-refractivity contribution in [2.45, 2.75) is 26.9 Å². The van der Waals surface area contributed by atoms with E-state index in [4.69, 9.17) is 0 Å². The Hall–Kier alpha value is -1.94. The fraction of sp³-hybridized carbons (Fsp3) is 0.278. The van der Waals surface area contributed by atoms with Crippen molar-refractivity contribution < 1.29 is 0 Å². The molecule has 2 N–H and O–H groups in total. The number of nitrogens with zero attached hydrogens (tertiary/aromatic N) is 4. The molecule has 0 aliphatic carbocycles. The maximum absolute atomic E-state index is 4.63. The smallest absolute Gasteiger partial charge is 0.191 e. The second-order valence-electron chi connectivity index (χ2n) is 5.50. The minimum absolute atomic E-state index is 0. The van der Waals surface area contributed by atoms with E-state index in [0.29, 0.717) is 6.54 Å². The van der Waals surface area contributed by atoms with Crippen molar-refractivity contribution in [2.75, 3.05) is 6.54 Å². The second-order valence-corrected chi connectivity index (χ2v) is 6.53. The number of hydrogen-bond acceptors (Lipinski definition) is 4. The molecule has 0 atom stereocenters. The molecule has 3 aromatic heterocycles. The fourth-order valence-electron chi connectivity index (χ4n) is 2.37. The lowest BCUT2D eigenvalue weighted by Crippen LogP contribution is -2.36. The predicted molar refractivity (Wildman–Crippen MR) is 117 cm³/mol. The summed E-state index contributed by atoms with van der Waals surface area (Å²) in [5, 5.41) is 8.70. The Balaban J connectivity index is 0.00000243. The molecule has 0 aliphatic rings. The molecule has 0 bridgehead atoms. The topological polar surface area (TPSA) is 67.1 Å². The van der Waals surface area contributed by atoms with Crippen molar-refractivity contribution >= 4 is 41.3 Å². The molecule has 0 unspecified atom stereocenters. The first-order valence-corrected chi connectivity index (χ1v) is 9.14. The number of aliphatic imine (C=N–C) groups is 1. The first kappa shape index (κ1) is 20.4. The predicted octanol–water partition coefficient (Wildman–Crippen LogP) is 3.51. The number of thiophene rings is 1. The third-order valence-corrected chi connectivity index (χ3v) is 4.53. The van der Waals surface area contributed by atoms with Crippen LogP contribution in [-0.4, -0.2) is 27.0 Å². The number of pyridine rings is 1. The number of aryl methyl sites for hydroxylation is 1. The highest BCUT2D eigenvalue weighted by Crippen LogP contribution is 2.09. The van der Waals surface area contributed by atoms with Crippen molar-refractivity contribution in [3.8, 4) is 5.82 Å². The van der Waals surface area contributed by atoms with Crippen LogP contribution in [0.3, 0.4) is 0 Å². The van der Waals surface area contributed by atoms with Gasteiger partial charge in [-0.25, -0.2) is 15.0 Å². The minimum Gasteiger partial charge on any atom is -0.357 e. The van der Waals surface area contributed by atoms with Gasteiger partial charge in [-0.05, 0) is 36.9 Å². The highest BCUT2D eigenvalue weighted by molar-refractivity contribution is 14.0. The number of halogens is 1. The van der Waals surface area contributed by atoms with Crippen LogP contribution >= 0.6 is 35.3 Å². The van der Waals surface area contributed by atoms with Crippen LogP contribution in [0, 0.1) is 6.92 Å². The fourth-order valence-corrected chi connectivity index (χ4v) is 3.01. The highest BCUT2D eigenvalue weighted by Gasteiger charge is 2.03. The Morgan fingerprint density at radius 1 is 1.23 bits per heavy atom. The third-order valence-electron chi connectivity index (χ3n) is 3.66. The number of aromatic nitrogens is 3. The van der Waals surface area contributed by atoms with Crippen LogP contribution in [0.4, 0.5) is 0 Å². The van der Waals surface area contributed by atoms with Gasteiger partial charge in [0.05, 0.1) is 13.1 Å². The summed E-state index contributed by atoms with van der Waals surface area (Å²) in [5.74, 6) is 2.60. The number of imidazole rings is 1. The number of nitrogens with one attached hydrogen (secondary N) is 2. The lowest BCUT2D eigenvalue weighted by atomic mass is 10.3. The Morgan fingerprint density at radius 3 is 2.73 bits per heavy atom. The molecule has 0 radical (unpaired) electrons. The largest absolute Gasteiger partial charge is 0.357 e. The van der Waals surface area contributed by atoms with Gasteiger partial charge in [0.15, 0.2) is 5.96 Å². The van der Waals surface area contributed by atoms with Crippen molar-refractivity contribution in [1.29, 1.82) is 0 Å². The molecule has 3 heterocycles. The van der Waals surface area contributed by atoms with E-state index in [1.54, 1.807) is 17.5 Å². The first-order chi connectivity index (χ1) is 12.3. The molecule has 0 amide bonds. The Kier molecular flexibility index (Phi) is 8.05. The summed E-state index contributed by atoms with van der Waals surface area (Å²) in [7, 11) is 0. The SMILES string of the molecule is CCNC(=NCc1ccc(-n2ccnc2C)nc1)NCc1cccs1.I. The van der Waals surface area contributed by atoms with E-state index in [0.717, 1.165) is 36.3 Å². The van der Waals surface area contributed by atoms with Gasteiger partial charge < -0.3 is 10.6 Å². The van der Waals surface area contributed by atoms with E-state index in [1.165, 1.54) is 4.88 Å². The van der Waals surface area contributed by atoms with Gasteiger partial charge in [-0.3, -0.25) is 4.57 Å². The number of rotatable bonds is 6. The molecule has 3 rings (SSSR count). The van der Waals surface area contributed by atoms with Gasteiger partial charge in [-0.2, -0.15) is 0 Å². The van der Waals surface area contributed by atoms with Crippen LogP contribution in [-0.2, 0) is 13.1 Å². The van der Waals surface area contributed by atoms with Gasteiger partial charge >= 0.3 is 0 Å². The summed E-state index contributed by atoms with van der Waals surface area (Å²) in [6, 6.07) is 8.21. The normalized spacial score (nSPS) is 11.1. The standard InChI is InChI=1S/C18H22N6S.HI/c1-3-19-18(23-13-16-5-4-10-25-16)22-12-15-6-7-17(21-11-15)24-9-8-20-14(24)2;/h4-11H,3,12-13H2,1-2H3,(H2,19,22,23);1H. The summed E-state index contributed by atoms with van der Waals surface area (Å²) in [4.78, 5) is 14.6. The van der Waals surface area contributed by atoms with Gasteiger partial charge in [-0.1, -0.05) is 12.1 Å². The molecule has 6 nitrogen and oxygen atoms in total. The molecule has 26 heavy (non-hydrogen) atoms. The van der Waals surface area contributed by atoms with Gasteiger partial charge in [-0.15, -0.1) is 35.3 Å². The zero-order valence-electron chi connectivity index (χ0n) is 14.8. The maximum Gasteiger partial charge on any atom is 0.191 e. The molecular formula is C18H23IN6S. The Labute approximate surface area is 174 Å². The molecular weight excluding hydrogens is 459 g/mol. The van der Waals surface area contributed by atoms with Crippen LogP contribution in [0.2, 0.25) is 0 Å². The van der Waals surface area contributed by atoms with E-state index >= 15 is 0 Å². The lowest BCUT2D eigenvalue weighted by molar-refractivity contribution is 0.822. The first-order valence-electron chi connectivity index (χ1n) is 8.26. The quantitative estimate of drug-likeness (QED) is 0.321. The number of hydrogen-bond donors (Lipinski definition) is 2. The zero-order chi connectivity index (χ0) is 17.5. The van der Waals surface area contributed by atoms with E-state index in [9.17, 15) is 0 Å². The van der Waals surface area contributed by atoms with Crippen LogP contribution in [0.1, 0.15) is 23.2 Å². The molecule has 0 saturated heterocycles. The van der Waals surface area contributed by atoms with E-state index in [-0.39, 0.29) is 24.0 Å². The molecule has 0 aliphatic heterocycles. The van der Waals surface area contributed by atoms with Crippen molar-refractivity contribution in [3.05, 3.63) is 64.5 Å². The maximum atomic E-state index is 4.63. The average molecular weight is 482 g/mol. The van der Waals surface area contributed by atoms with Gasteiger partial charge in [0.1, 0.15) is 11.6 Å². The monoisotopic (exact) mass is 482 g/mol. The third kappa shape index (κ3) is 5.53. The molecule has 138 valence electrons. The van der Waals surface area contributed by atoms with Crippen LogP contribution in [0.5, 0.6) is 0 Å². The summed E-state index contributed by atoms with van der Waals surface area (Å²) < 4.78 is 1.96. The van der Waals surface area contributed by atoms with E-state index in [1.807, 2.05) is 36.0 Å². The van der Waals surface area contributed by atoms with Crippen LogP contribution in [0.15, 0.2) is 53.2 Å². The highest BCUT2D eigenvalue weighted by atomic mass is 127. The van der Waals surface area contributed by atoms with Crippen molar-refractivity contribution in [2.24, 2.45) is 4.99 Å². The summed E-state index contributed by atoms with van der Waals surface area (Å²) >= 11 is 1.74. The van der Waals surface area contributed by atoms with Crippen molar-refractivity contribution in [1.82, 2.24) is 25.2 Å². The average Bonchev–Trinajstić information content (AvgIpc) is 3.29. The molecule has 0 aromatic carbocycles. The van der Waals surface area contributed by atoms with Gasteiger partial charge in [0.2, 0.25) is 0 Å². The molecule has 0 fully saturated rings. The summed E-state index contributed by atoms with van der Waals surface area (Å²) in [5.41, 5.74) is 1.06. The van der Waals surface area contributed by atoms with Crippen LogP contribution in [0.25, 0.3) is 5.82 Å².